The van der Waals surface area contributed by atoms with Crippen LogP contribution in [0.5, 0.6) is 0 Å². The Balaban J connectivity index is 2.28. The molecule has 1 rings (SSSR count). The van der Waals surface area contributed by atoms with Crippen LogP contribution < -0.4 is 0 Å². The van der Waals surface area contributed by atoms with E-state index >= 15 is 0 Å². The van der Waals surface area contributed by atoms with Gasteiger partial charge in [-0.3, -0.25) is 10.1 Å². The zero-order valence-electron chi connectivity index (χ0n) is 8.09. The number of rotatable bonds is 5. The highest BCUT2D eigenvalue weighted by Crippen LogP contribution is 2.01. The highest BCUT2D eigenvalue weighted by atomic mass is 16.6. The lowest BCUT2D eigenvalue weighted by Crippen LogP contribution is -2.10. The zero-order valence-corrected chi connectivity index (χ0v) is 8.09. The maximum absolute atomic E-state index is 11.3. The first kappa shape index (κ1) is 11.2. The van der Waals surface area contributed by atoms with E-state index in [1.807, 2.05) is 0 Å². The molecule has 1 aromatic carbocycles. The normalized spacial score (nSPS) is 9.60. The summed E-state index contributed by atoms with van der Waals surface area (Å²) in [5.41, 5.74) is 0.457. The van der Waals surface area contributed by atoms with Crippen molar-refractivity contribution in [2.75, 3.05) is 13.2 Å². The summed E-state index contributed by atoms with van der Waals surface area (Å²) in [6.07, 6.45) is 0.242. The quantitative estimate of drug-likeness (QED) is 0.319. The Bertz CT molecular complexity index is 337. The van der Waals surface area contributed by atoms with Crippen LogP contribution in [-0.2, 0) is 4.74 Å². The Kier molecular flexibility index (Phi) is 4.28. The van der Waals surface area contributed by atoms with Crippen LogP contribution in [0.25, 0.3) is 0 Å². The minimum atomic E-state index is -0.445. The van der Waals surface area contributed by atoms with Crippen molar-refractivity contribution in [3.8, 4) is 0 Å². The van der Waals surface area contributed by atoms with Crippen LogP contribution >= 0.6 is 0 Å². The molecule has 0 fully saturated rings. The van der Waals surface area contributed by atoms with Gasteiger partial charge in [0, 0.05) is 11.3 Å². The van der Waals surface area contributed by atoms with Gasteiger partial charge < -0.3 is 4.74 Å². The molecule has 5 heteroatoms. The Morgan fingerprint density at radius 2 is 2.00 bits per heavy atom. The summed E-state index contributed by atoms with van der Waals surface area (Å²) in [5, 5.41) is 9.98. The first-order chi connectivity index (χ1) is 7.20. The summed E-state index contributed by atoms with van der Waals surface area (Å²) in [4.78, 5) is 20.8. The molecule has 0 N–H and O–H groups in total. The van der Waals surface area contributed by atoms with Gasteiger partial charge in [0.25, 0.3) is 0 Å². The first-order valence-electron chi connectivity index (χ1n) is 4.54. The monoisotopic (exact) mass is 209 g/mol. The van der Waals surface area contributed by atoms with Crippen molar-refractivity contribution >= 4 is 5.97 Å². The van der Waals surface area contributed by atoms with Gasteiger partial charge in [0.05, 0.1) is 12.2 Å². The first-order valence-corrected chi connectivity index (χ1v) is 4.54. The van der Waals surface area contributed by atoms with Crippen LogP contribution in [0.15, 0.2) is 30.3 Å². The molecule has 0 saturated carbocycles. The third-order valence-corrected chi connectivity index (χ3v) is 1.73. The number of hydrogen-bond acceptors (Lipinski definition) is 4. The Labute approximate surface area is 86.8 Å². The number of nitrogens with zero attached hydrogens (tertiary/aromatic N) is 1. The molecule has 0 radical (unpaired) electrons. The van der Waals surface area contributed by atoms with E-state index in [0.29, 0.717) is 5.56 Å². The fourth-order valence-corrected chi connectivity index (χ4v) is 1.02. The van der Waals surface area contributed by atoms with Gasteiger partial charge in [-0.2, -0.15) is 0 Å². The third kappa shape index (κ3) is 4.21. The summed E-state index contributed by atoms with van der Waals surface area (Å²) in [6, 6.07) is 8.52. The molecule has 0 saturated heterocycles. The van der Waals surface area contributed by atoms with Crippen LogP contribution in [0.4, 0.5) is 0 Å². The van der Waals surface area contributed by atoms with Gasteiger partial charge in [0.1, 0.15) is 0 Å². The maximum atomic E-state index is 11.3. The highest BCUT2D eigenvalue weighted by Gasteiger charge is 2.06. The van der Waals surface area contributed by atoms with Crippen molar-refractivity contribution in [3.63, 3.8) is 0 Å². The van der Waals surface area contributed by atoms with E-state index in [-0.39, 0.29) is 19.6 Å². The van der Waals surface area contributed by atoms with Crippen LogP contribution in [-0.4, -0.2) is 24.0 Å². The van der Waals surface area contributed by atoms with Crippen LogP contribution in [0.1, 0.15) is 16.8 Å². The molecule has 5 nitrogen and oxygen atoms in total. The summed E-state index contributed by atoms with van der Waals surface area (Å²) < 4.78 is 4.84. The SMILES string of the molecule is O=C(OCCC[N+](=O)[O-])c1ccccc1. The van der Waals surface area contributed by atoms with Crippen molar-refractivity contribution in [3.05, 3.63) is 46.0 Å². The van der Waals surface area contributed by atoms with Gasteiger partial charge in [-0.15, -0.1) is 0 Å². The summed E-state index contributed by atoms with van der Waals surface area (Å²) in [5.74, 6) is -0.445. The smallest absolute Gasteiger partial charge is 0.338 e. The summed E-state index contributed by atoms with van der Waals surface area (Å²) in [7, 11) is 0. The van der Waals surface area contributed by atoms with E-state index in [0.717, 1.165) is 0 Å². The molecular weight excluding hydrogens is 198 g/mol. The standard InChI is InChI=1S/C10H11NO4/c12-10(9-5-2-1-3-6-9)15-8-4-7-11(13)14/h1-3,5-6H,4,7-8H2. The van der Waals surface area contributed by atoms with Gasteiger partial charge in [-0.25, -0.2) is 4.79 Å². The van der Waals surface area contributed by atoms with Gasteiger partial charge >= 0.3 is 5.97 Å². The van der Waals surface area contributed by atoms with E-state index in [9.17, 15) is 14.9 Å². The molecule has 0 unspecified atom stereocenters. The predicted molar refractivity (Wildman–Crippen MR) is 53.2 cm³/mol. The minimum absolute atomic E-state index is 0.0781. The minimum Gasteiger partial charge on any atom is -0.462 e. The lowest BCUT2D eigenvalue weighted by Gasteiger charge is -2.02. The number of carbonyl (C=O) groups is 1. The summed E-state index contributed by atoms with van der Waals surface area (Å²) >= 11 is 0. The predicted octanol–water partition coefficient (Wildman–Crippen LogP) is 1.51. The maximum Gasteiger partial charge on any atom is 0.338 e. The average molecular weight is 209 g/mol. The molecule has 0 heterocycles. The highest BCUT2D eigenvalue weighted by molar-refractivity contribution is 5.89. The van der Waals surface area contributed by atoms with E-state index < -0.39 is 10.9 Å². The topological polar surface area (TPSA) is 69.4 Å². The molecule has 80 valence electrons. The Morgan fingerprint density at radius 3 is 2.60 bits per heavy atom. The Hall–Kier alpha value is -1.91. The van der Waals surface area contributed by atoms with E-state index in [4.69, 9.17) is 4.74 Å². The molecule has 0 amide bonds. The average Bonchev–Trinajstić information content (AvgIpc) is 2.25. The van der Waals surface area contributed by atoms with Crippen molar-refractivity contribution < 1.29 is 14.5 Å². The second kappa shape index (κ2) is 5.74. The molecule has 0 aliphatic rings. The zero-order chi connectivity index (χ0) is 11.1. The Morgan fingerprint density at radius 1 is 1.33 bits per heavy atom. The molecule has 0 aromatic heterocycles. The van der Waals surface area contributed by atoms with Gasteiger partial charge in [-0.1, -0.05) is 18.2 Å². The van der Waals surface area contributed by atoms with E-state index in [1.165, 1.54) is 0 Å². The molecule has 0 bridgehead atoms. The molecular formula is C10H11NO4. The van der Waals surface area contributed by atoms with Crippen molar-refractivity contribution in [1.82, 2.24) is 0 Å². The van der Waals surface area contributed by atoms with E-state index in [1.54, 1.807) is 30.3 Å². The van der Waals surface area contributed by atoms with Gasteiger partial charge in [0.2, 0.25) is 6.54 Å². The number of ether oxygens (including phenoxy) is 1. The van der Waals surface area contributed by atoms with Gasteiger partial charge in [-0.05, 0) is 12.1 Å². The third-order valence-electron chi connectivity index (χ3n) is 1.73. The van der Waals surface area contributed by atoms with Gasteiger partial charge in [0.15, 0.2) is 0 Å². The van der Waals surface area contributed by atoms with E-state index in [2.05, 4.69) is 0 Å². The van der Waals surface area contributed by atoms with Crippen molar-refractivity contribution in [2.24, 2.45) is 0 Å². The molecule has 0 aliphatic heterocycles. The molecule has 15 heavy (non-hydrogen) atoms. The number of benzene rings is 1. The molecule has 0 atom stereocenters. The fourth-order valence-electron chi connectivity index (χ4n) is 1.02. The summed E-state index contributed by atoms with van der Waals surface area (Å²) in [6.45, 7) is -0.100. The second-order valence-electron chi connectivity index (χ2n) is 2.91. The second-order valence-corrected chi connectivity index (χ2v) is 2.91. The lowest BCUT2D eigenvalue weighted by atomic mass is 10.2. The fraction of sp³-hybridized carbons (Fsp3) is 0.300. The molecule has 0 aliphatic carbocycles. The lowest BCUT2D eigenvalue weighted by molar-refractivity contribution is -0.480. The molecule has 0 spiro atoms. The van der Waals surface area contributed by atoms with Crippen LogP contribution in [0.2, 0.25) is 0 Å². The van der Waals surface area contributed by atoms with Crippen molar-refractivity contribution in [2.45, 2.75) is 6.42 Å². The van der Waals surface area contributed by atoms with Crippen LogP contribution in [0, 0.1) is 10.1 Å². The number of hydrogen-bond donors (Lipinski definition) is 0. The number of carbonyl (C=O) groups excluding carboxylic acids is 1. The van der Waals surface area contributed by atoms with Crippen molar-refractivity contribution in [1.29, 1.82) is 0 Å². The van der Waals surface area contributed by atoms with Crippen LogP contribution in [0.3, 0.4) is 0 Å². The number of esters is 1. The largest absolute Gasteiger partial charge is 0.462 e. The number of nitro groups is 1. The molecule has 1 aromatic rings.